The van der Waals surface area contributed by atoms with Gasteiger partial charge in [-0.05, 0) is 19.8 Å². The second-order valence-corrected chi connectivity index (χ2v) is 3.19. The van der Waals surface area contributed by atoms with Crippen molar-refractivity contribution < 1.29 is 0 Å². The lowest BCUT2D eigenvalue weighted by atomic mass is 10.0. The van der Waals surface area contributed by atoms with Crippen molar-refractivity contribution in [1.29, 1.82) is 0 Å². The lowest BCUT2D eigenvalue weighted by molar-refractivity contribution is 0.116. The number of hydrogen-bond donors (Lipinski definition) is 1. The standard InChI is InChI=1S/C7H15N3/c1-7(10(8)9-2)5-3-4-6-7/h2-6,8H2,1H3. The molecule has 0 heterocycles. The Kier molecular flexibility index (Phi) is 1.94. The van der Waals surface area contributed by atoms with Crippen molar-refractivity contribution in [3.8, 4) is 0 Å². The van der Waals surface area contributed by atoms with Crippen molar-refractivity contribution in [3.63, 3.8) is 0 Å². The number of nitrogens with zero attached hydrogens (tertiary/aromatic N) is 2. The molecule has 1 fully saturated rings. The normalized spacial score (nSPS) is 22.6. The molecule has 0 radical (unpaired) electrons. The highest BCUT2D eigenvalue weighted by Gasteiger charge is 2.32. The van der Waals surface area contributed by atoms with Crippen molar-refractivity contribution in [2.24, 2.45) is 10.9 Å². The predicted molar refractivity (Wildman–Crippen MR) is 42.4 cm³/mol. The summed E-state index contributed by atoms with van der Waals surface area (Å²) < 4.78 is 0. The molecule has 0 atom stereocenters. The van der Waals surface area contributed by atoms with Crippen LogP contribution in [0, 0.1) is 0 Å². The molecule has 2 N–H and O–H groups in total. The fourth-order valence-electron chi connectivity index (χ4n) is 1.54. The minimum absolute atomic E-state index is 0.0851. The fourth-order valence-corrected chi connectivity index (χ4v) is 1.54. The first-order valence-electron chi connectivity index (χ1n) is 3.71. The van der Waals surface area contributed by atoms with E-state index in [1.807, 2.05) is 0 Å². The van der Waals surface area contributed by atoms with Gasteiger partial charge in [-0.15, -0.1) is 0 Å². The van der Waals surface area contributed by atoms with Gasteiger partial charge in [0, 0.05) is 6.72 Å². The van der Waals surface area contributed by atoms with Crippen LogP contribution in [0.1, 0.15) is 32.6 Å². The molecule has 0 aliphatic heterocycles. The predicted octanol–water partition coefficient (Wildman–Crippen LogP) is 1.11. The molecule has 0 unspecified atom stereocenters. The third-order valence-electron chi connectivity index (χ3n) is 2.39. The molecule has 1 saturated carbocycles. The van der Waals surface area contributed by atoms with Crippen molar-refractivity contribution in [1.82, 2.24) is 5.12 Å². The van der Waals surface area contributed by atoms with E-state index < -0.39 is 0 Å². The Morgan fingerprint density at radius 2 is 2.00 bits per heavy atom. The maximum Gasteiger partial charge on any atom is 0.0719 e. The van der Waals surface area contributed by atoms with Crippen LogP contribution in [0.3, 0.4) is 0 Å². The Morgan fingerprint density at radius 3 is 2.40 bits per heavy atom. The van der Waals surface area contributed by atoms with E-state index >= 15 is 0 Å². The largest absolute Gasteiger partial charge is 0.231 e. The van der Waals surface area contributed by atoms with E-state index in [9.17, 15) is 0 Å². The zero-order valence-electron chi connectivity index (χ0n) is 6.51. The maximum atomic E-state index is 5.62. The molecule has 10 heavy (non-hydrogen) atoms. The molecule has 0 saturated heterocycles. The summed E-state index contributed by atoms with van der Waals surface area (Å²) in [7, 11) is 0. The summed E-state index contributed by atoms with van der Waals surface area (Å²) in [5, 5.41) is 5.20. The Hall–Kier alpha value is -0.570. The van der Waals surface area contributed by atoms with Gasteiger partial charge in [0.15, 0.2) is 0 Å². The van der Waals surface area contributed by atoms with E-state index in [0.717, 1.165) is 12.8 Å². The van der Waals surface area contributed by atoms with Crippen LogP contribution in [0.15, 0.2) is 5.10 Å². The van der Waals surface area contributed by atoms with Gasteiger partial charge in [0.25, 0.3) is 0 Å². The first-order chi connectivity index (χ1) is 4.69. The lowest BCUT2D eigenvalue weighted by Crippen LogP contribution is -2.45. The lowest BCUT2D eigenvalue weighted by Gasteiger charge is -2.31. The Balaban J connectivity index is 2.57. The van der Waals surface area contributed by atoms with E-state index in [2.05, 4.69) is 18.7 Å². The molecule has 0 bridgehead atoms. The third-order valence-corrected chi connectivity index (χ3v) is 2.39. The number of nitrogens with two attached hydrogens (primary N) is 1. The van der Waals surface area contributed by atoms with Gasteiger partial charge in [0.2, 0.25) is 0 Å². The fraction of sp³-hybridized carbons (Fsp3) is 0.857. The van der Waals surface area contributed by atoms with Crippen LogP contribution in [0.5, 0.6) is 0 Å². The van der Waals surface area contributed by atoms with Gasteiger partial charge >= 0.3 is 0 Å². The summed E-state index contributed by atoms with van der Waals surface area (Å²) in [6.07, 6.45) is 4.81. The van der Waals surface area contributed by atoms with E-state index in [0.29, 0.717) is 0 Å². The Labute approximate surface area is 61.9 Å². The van der Waals surface area contributed by atoms with E-state index in [4.69, 9.17) is 5.84 Å². The minimum atomic E-state index is 0.0851. The number of hydrazone groups is 1. The van der Waals surface area contributed by atoms with Crippen LogP contribution in [-0.4, -0.2) is 17.4 Å². The topological polar surface area (TPSA) is 41.6 Å². The highest BCUT2D eigenvalue weighted by molar-refractivity contribution is 5.22. The molecular weight excluding hydrogens is 126 g/mol. The molecule has 1 aliphatic carbocycles. The van der Waals surface area contributed by atoms with Crippen LogP contribution in [0.2, 0.25) is 0 Å². The summed E-state index contributed by atoms with van der Waals surface area (Å²) >= 11 is 0. The molecule has 0 spiro atoms. The van der Waals surface area contributed by atoms with Crippen LogP contribution >= 0.6 is 0 Å². The van der Waals surface area contributed by atoms with Gasteiger partial charge in [0.1, 0.15) is 0 Å². The molecule has 3 heteroatoms. The van der Waals surface area contributed by atoms with Gasteiger partial charge in [-0.25, -0.2) is 11.0 Å². The zero-order valence-corrected chi connectivity index (χ0v) is 6.51. The third kappa shape index (κ3) is 1.14. The van der Waals surface area contributed by atoms with Crippen molar-refractivity contribution >= 4 is 6.72 Å². The SMILES string of the molecule is C=NN(N)C1(C)CCCC1. The highest BCUT2D eigenvalue weighted by atomic mass is 15.6. The van der Waals surface area contributed by atoms with E-state index in [-0.39, 0.29) is 5.54 Å². The summed E-state index contributed by atoms with van der Waals surface area (Å²) in [6.45, 7) is 5.53. The minimum Gasteiger partial charge on any atom is -0.231 e. The summed E-state index contributed by atoms with van der Waals surface area (Å²) in [5.74, 6) is 5.62. The molecule has 3 nitrogen and oxygen atoms in total. The zero-order chi connectivity index (χ0) is 7.61. The first-order valence-corrected chi connectivity index (χ1v) is 3.71. The second kappa shape index (κ2) is 2.58. The smallest absolute Gasteiger partial charge is 0.0719 e. The molecule has 0 aromatic heterocycles. The van der Waals surface area contributed by atoms with Crippen molar-refractivity contribution in [2.45, 2.75) is 38.1 Å². The Morgan fingerprint density at radius 1 is 1.50 bits per heavy atom. The molecule has 1 aliphatic rings. The Bertz CT molecular complexity index is 127. The summed E-state index contributed by atoms with van der Waals surface area (Å²) in [6, 6.07) is 0. The molecule has 58 valence electrons. The molecule has 0 aromatic rings. The average molecular weight is 141 g/mol. The van der Waals surface area contributed by atoms with Crippen molar-refractivity contribution in [3.05, 3.63) is 0 Å². The number of hydrazine groups is 1. The van der Waals surface area contributed by atoms with Gasteiger partial charge in [-0.2, -0.15) is 5.10 Å². The summed E-state index contributed by atoms with van der Waals surface area (Å²) in [5.41, 5.74) is 0.0851. The van der Waals surface area contributed by atoms with Gasteiger partial charge < -0.3 is 0 Å². The van der Waals surface area contributed by atoms with E-state index in [1.54, 1.807) is 0 Å². The van der Waals surface area contributed by atoms with Crippen LogP contribution in [-0.2, 0) is 0 Å². The number of hydrogen-bond acceptors (Lipinski definition) is 3. The second-order valence-electron chi connectivity index (χ2n) is 3.19. The highest BCUT2D eigenvalue weighted by Crippen LogP contribution is 2.32. The summed E-state index contributed by atoms with van der Waals surface area (Å²) in [4.78, 5) is 0. The molecular formula is C7H15N3. The number of rotatable bonds is 2. The first kappa shape index (κ1) is 7.54. The van der Waals surface area contributed by atoms with Crippen molar-refractivity contribution in [2.75, 3.05) is 0 Å². The van der Waals surface area contributed by atoms with Gasteiger partial charge in [-0.3, -0.25) is 0 Å². The van der Waals surface area contributed by atoms with Crippen LogP contribution in [0.4, 0.5) is 0 Å². The maximum absolute atomic E-state index is 5.62. The average Bonchev–Trinajstić information content (AvgIpc) is 2.36. The van der Waals surface area contributed by atoms with Gasteiger partial charge in [0.05, 0.1) is 5.54 Å². The van der Waals surface area contributed by atoms with E-state index in [1.165, 1.54) is 18.0 Å². The molecule has 0 aromatic carbocycles. The van der Waals surface area contributed by atoms with Crippen LogP contribution in [0.25, 0.3) is 0 Å². The van der Waals surface area contributed by atoms with Crippen LogP contribution < -0.4 is 5.84 Å². The molecule has 1 rings (SSSR count). The quantitative estimate of drug-likeness (QED) is 0.355. The molecule has 0 amide bonds. The van der Waals surface area contributed by atoms with Gasteiger partial charge in [-0.1, -0.05) is 12.8 Å². The monoisotopic (exact) mass is 141 g/mol.